The lowest BCUT2D eigenvalue weighted by Gasteiger charge is -2.37. The quantitative estimate of drug-likeness (QED) is 0.528. The van der Waals surface area contributed by atoms with Gasteiger partial charge in [0.25, 0.3) is 0 Å². The molecule has 6 nitrogen and oxygen atoms in total. The second kappa shape index (κ2) is 6.51. The summed E-state index contributed by atoms with van der Waals surface area (Å²) >= 11 is 0. The number of rotatable bonds is 3. The van der Waals surface area contributed by atoms with Crippen LogP contribution in [0.3, 0.4) is 0 Å². The summed E-state index contributed by atoms with van der Waals surface area (Å²) in [5.74, 6) is 0.117. The standard InChI is InChI=1S/C23H21N5O/c1-23(2)13-20(29)18-14-24-28(17-11-7-4-8-12-17)21(18)22(23)27-15-19(25-26-27)16-9-5-3-6-10-16/h3-12,14-15,22H,13H2,1-2H3/t22-/m0/s1. The van der Waals surface area contributed by atoms with Crippen LogP contribution >= 0.6 is 0 Å². The van der Waals surface area contributed by atoms with E-state index in [1.807, 2.05) is 76.2 Å². The summed E-state index contributed by atoms with van der Waals surface area (Å²) in [6.07, 6.45) is 4.08. The molecule has 0 amide bonds. The van der Waals surface area contributed by atoms with E-state index in [0.29, 0.717) is 12.0 Å². The van der Waals surface area contributed by atoms with Crippen molar-refractivity contribution in [2.45, 2.75) is 26.3 Å². The minimum absolute atomic E-state index is 0.117. The van der Waals surface area contributed by atoms with Gasteiger partial charge in [-0.15, -0.1) is 5.10 Å². The lowest BCUT2D eigenvalue weighted by Crippen LogP contribution is -2.37. The van der Waals surface area contributed by atoms with E-state index in [2.05, 4.69) is 29.3 Å². The fourth-order valence-electron chi connectivity index (χ4n) is 4.21. The van der Waals surface area contributed by atoms with Crippen LogP contribution in [0, 0.1) is 5.41 Å². The topological polar surface area (TPSA) is 65.6 Å². The first-order chi connectivity index (χ1) is 14.0. The van der Waals surface area contributed by atoms with Crippen molar-refractivity contribution in [1.29, 1.82) is 0 Å². The highest BCUT2D eigenvalue weighted by Crippen LogP contribution is 2.46. The van der Waals surface area contributed by atoms with Gasteiger partial charge in [0.05, 0.1) is 29.3 Å². The van der Waals surface area contributed by atoms with Crippen molar-refractivity contribution in [3.63, 3.8) is 0 Å². The molecule has 0 bridgehead atoms. The SMILES string of the molecule is CC1(C)CC(=O)c2cnn(-c3ccccc3)c2[C@@H]1n1cc(-c2ccccc2)nn1. The van der Waals surface area contributed by atoms with Crippen LogP contribution in [-0.2, 0) is 0 Å². The maximum absolute atomic E-state index is 12.9. The predicted octanol–water partition coefficient (Wildman–Crippen LogP) is 4.33. The fourth-order valence-corrected chi connectivity index (χ4v) is 4.21. The largest absolute Gasteiger partial charge is 0.294 e. The van der Waals surface area contributed by atoms with Crippen LogP contribution in [0.4, 0.5) is 0 Å². The first-order valence-corrected chi connectivity index (χ1v) is 9.68. The number of nitrogens with zero attached hydrogens (tertiary/aromatic N) is 5. The number of aromatic nitrogens is 5. The van der Waals surface area contributed by atoms with Crippen molar-refractivity contribution >= 4 is 5.78 Å². The van der Waals surface area contributed by atoms with Crippen LogP contribution in [0.5, 0.6) is 0 Å². The molecule has 0 unspecified atom stereocenters. The maximum atomic E-state index is 12.9. The Morgan fingerprint density at radius 3 is 2.41 bits per heavy atom. The molecule has 1 aliphatic carbocycles. The van der Waals surface area contributed by atoms with Gasteiger partial charge in [0.15, 0.2) is 5.78 Å². The van der Waals surface area contributed by atoms with Gasteiger partial charge in [-0.1, -0.05) is 67.6 Å². The van der Waals surface area contributed by atoms with Crippen molar-refractivity contribution in [2.24, 2.45) is 5.41 Å². The Hall–Kier alpha value is -3.54. The van der Waals surface area contributed by atoms with Gasteiger partial charge in [-0.3, -0.25) is 4.79 Å². The monoisotopic (exact) mass is 383 g/mol. The molecule has 4 aromatic rings. The third kappa shape index (κ3) is 2.88. The number of carbonyl (C=O) groups is 1. The summed E-state index contributed by atoms with van der Waals surface area (Å²) in [5.41, 5.74) is 3.94. The van der Waals surface area contributed by atoms with Crippen molar-refractivity contribution in [2.75, 3.05) is 0 Å². The van der Waals surface area contributed by atoms with E-state index in [0.717, 1.165) is 22.6 Å². The summed E-state index contributed by atoms with van der Waals surface area (Å²) in [5, 5.41) is 13.4. The van der Waals surface area contributed by atoms with Crippen molar-refractivity contribution in [1.82, 2.24) is 24.8 Å². The summed E-state index contributed by atoms with van der Waals surface area (Å²) in [4.78, 5) is 12.9. The molecule has 1 atom stereocenters. The summed E-state index contributed by atoms with van der Waals surface area (Å²) in [6.45, 7) is 4.20. The van der Waals surface area contributed by atoms with Gasteiger partial charge >= 0.3 is 0 Å². The molecule has 0 saturated carbocycles. The number of hydrogen-bond donors (Lipinski definition) is 0. The van der Waals surface area contributed by atoms with Crippen LogP contribution < -0.4 is 0 Å². The maximum Gasteiger partial charge on any atom is 0.167 e. The molecule has 0 fully saturated rings. The molecule has 2 heterocycles. The summed E-state index contributed by atoms with van der Waals surface area (Å²) in [6, 6.07) is 19.7. The number of ketones is 1. The molecular formula is C23H21N5O. The normalized spacial score (nSPS) is 17.9. The molecule has 0 saturated heterocycles. The van der Waals surface area contributed by atoms with E-state index < -0.39 is 0 Å². The van der Waals surface area contributed by atoms with Crippen LogP contribution in [0.2, 0.25) is 0 Å². The van der Waals surface area contributed by atoms with E-state index in [9.17, 15) is 4.79 Å². The Bertz CT molecular complexity index is 1170. The highest BCUT2D eigenvalue weighted by atomic mass is 16.1. The van der Waals surface area contributed by atoms with E-state index in [4.69, 9.17) is 0 Å². The zero-order valence-corrected chi connectivity index (χ0v) is 16.4. The van der Waals surface area contributed by atoms with E-state index in [-0.39, 0.29) is 17.2 Å². The lowest BCUT2D eigenvalue weighted by atomic mass is 9.72. The summed E-state index contributed by atoms with van der Waals surface area (Å²) in [7, 11) is 0. The molecule has 5 rings (SSSR count). The number of Topliss-reactive ketones (excluding diaryl/α,β-unsaturated/α-hetero) is 1. The van der Waals surface area contributed by atoms with E-state index >= 15 is 0 Å². The molecule has 144 valence electrons. The Morgan fingerprint density at radius 2 is 1.69 bits per heavy atom. The van der Waals surface area contributed by atoms with Gasteiger partial charge in [0, 0.05) is 17.4 Å². The third-order valence-electron chi connectivity index (χ3n) is 5.57. The van der Waals surface area contributed by atoms with Gasteiger partial charge in [0.1, 0.15) is 11.7 Å². The molecule has 1 aliphatic rings. The van der Waals surface area contributed by atoms with Crippen molar-refractivity contribution in [3.8, 4) is 16.9 Å². The van der Waals surface area contributed by atoms with Crippen LogP contribution in [0.25, 0.3) is 16.9 Å². The Balaban J connectivity index is 1.68. The summed E-state index contributed by atoms with van der Waals surface area (Å²) < 4.78 is 3.75. The van der Waals surface area contributed by atoms with Gasteiger partial charge in [-0.25, -0.2) is 9.36 Å². The Kier molecular flexibility index (Phi) is 3.94. The van der Waals surface area contributed by atoms with Crippen molar-refractivity contribution < 1.29 is 4.79 Å². The number of para-hydroxylation sites is 1. The van der Waals surface area contributed by atoms with E-state index in [1.165, 1.54) is 0 Å². The van der Waals surface area contributed by atoms with Crippen LogP contribution in [-0.4, -0.2) is 30.6 Å². The molecule has 6 heteroatoms. The molecule has 0 aliphatic heterocycles. The fraction of sp³-hybridized carbons (Fsp3) is 0.217. The second-order valence-electron chi connectivity index (χ2n) is 8.13. The van der Waals surface area contributed by atoms with Crippen molar-refractivity contribution in [3.05, 3.63) is 84.3 Å². The van der Waals surface area contributed by atoms with E-state index in [1.54, 1.807) is 6.20 Å². The second-order valence-corrected chi connectivity index (χ2v) is 8.13. The first kappa shape index (κ1) is 17.6. The molecule has 2 aromatic carbocycles. The Morgan fingerprint density at radius 1 is 1.00 bits per heavy atom. The molecule has 2 aromatic heterocycles. The highest BCUT2D eigenvalue weighted by molar-refractivity contribution is 5.99. The zero-order chi connectivity index (χ0) is 20.0. The number of carbonyl (C=O) groups excluding carboxylic acids is 1. The van der Waals surface area contributed by atoms with Gasteiger partial charge in [-0.05, 0) is 12.1 Å². The molecule has 0 radical (unpaired) electrons. The molecule has 0 N–H and O–H groups in total. The van der Waals surface area contributed by atoms with Gasteiger partial charge in [-0.2, -0.15) is 5.10 Å². The predicted molar refractivity (Wildman–Crippen MR) is 110 cm³/mol. The zero-order valence-electron chi connectivity index (χ0n) is 16.4. The number of hydrogen-bond acceptors (Lipinski definition) is 4. The average Bonchev–Trinajstić information content (AvgIpc) is 3.37. The molecule has 0 spiro atoms. The van der Waals surface area contributed by atoms with Gasteiger partial charge < -0.3 is 0 Å². The highest BCUT2D eigenvalue weighted by Gasteiger charge is 2.44. The molecular weight excluding hydrogens is 362 g/mol. The minimum Gasteiger partial charge on any atom is -0.294 e. The Labute approximate surface area is 168 Å². The first-order valence-electron chi connectivity index (χ1n) is 9.68. The smallest absolute Gasteiger partial charge is 0.167 e. The molecule has 29 heavy (non-hydrogen) atoms. The minimum atomic E-state index is -0.335. The third-order valence-corrected chi connectivity index (χ3v) is 5.57. The van der Waals surface area contributed by atoms with Gasteiger partial charge in [0.2, 0.25) is 0 Å². The number of benzene rings is 2. The van der Waals surface area contributed by atoms with Crippen LogP contribution in [0.1, 0.15) is 42.4 Å². The lowest BCUT2D eigenvalue weighted by molar-refractivity contribution is 0.0855. The number of fused-ring (bicyclic) bond motifs is 1. The van der Waals surface area contributed by atoms with Crippen LogP contribution in [0.15, 0.2) is 73.1 Å². The average molecular weight is 383 g/mol.